The molecule has 0 spiro atoms. The first-order valence-corrected chi connectivity index (χ1v) is 8.07. The topological polar surface area (TPSA) is 54.3 Å². The molecule has 2 N–H and O–H groups in total. The van der Waals surface area contributed by atoms with Gasteiger partial charge < -0.3 is 15.1 Å². The van der Waals surface area contributed by atoms with Gasteiger partial charge in [0, 0.05) is 29.8 Å². The highest BCUT2D eigenvalue weighted by Gasteiger charge is 2.04. The molecule has 5 heteroatoms. The van der Waals surface area contributed by atoms with Gasteiger partial charge in [0.1, 0.15) is 5.58 Å². The van der Waals surface area contributed by atoms with Gasteiger partial charge in [0.05, 0.1) is 0 Å². The van der Waals surface area contributed by atoms with Crippen molar-refractivity contribution in [2.45, 2.75) is 20.4 Å². The monoisotopic (exact) mass is 338 g/mol. The Morgan fingerprint density at radius 1 is 1.08 bits per heavy atom. The van der Waals surface area contributed by atoms with E-state index in [0.29, 0.717) is 17.2 Å². The molecule has 2 aromatic carbocycles. The Hall–Kier alpha value is -2.66. The molecule has 3 rings (SSSR count). The fourth-order valence-electron chi connectivity index (χ4n) is 2.47. The number of hydrogen-bond donors (Lipinski definition) is 2. The van der Waals surface area contributed by atoms with E-state index in [0.717, 1.165) is 22.2 Å². The van der Waals surface area contributed by atoms with Crippen LogP contribution in [0.4, 0.5) is 5.69 Å². The number of aryl methyl sites for hydroxylation is 2. The van der Waals surface area contributed by atoms with E-state index in [4.69, 9.17) is 16.6 Å². The molecule has 0 aliphatic carbocycles. The summed E-state index contributed by atoms with van der Waals surface area (Å²) in [7, 11) is 0. The average Bonchev–Trinajstić information content (AvgIpc) is 2.54. The van der Waals surface area contributed by atoms with Crippen molar-refractivity contribution in [1.29, 1.82) is 0 Å². The van der Waals surface area contributed by atoms with E-state index in [1.807, 2.05) is 19.1 Å². The van der Waals surface area contributed by atoms with Crippen molar-refractivity contribution < 1.29 is 4.42 Å². The lowest BCUT2D eigenvalue weighted by Crippen LogP contribution is -2.27. The van der Waals surface area contributed by atoms with Crippen molar-refractivity contribution in [3.05, 3.63) is 75.6 Å². The van der Waals surface area contributed by atoms with E-state index < -0.39 is 0 Å². The summed E-state index contributed by atoms with van der Waals surface area (Å²) in [6, 6.07) is 15.4. The molecule has 0 unspecified atom stereocenters. The number of hydrogen-bond acceptors (Lipinski definition) is 3. The van der Waals surface area contributed by atoms with Crippen LogP contribution in [0.5, 0.6) is 0 Å². The number of thiocarbonyl (C=S) groups is 1. The van der Waals surface area contributed by atoms with E-state index in [1.54, 1.807) is 6.07 Å². The largest absolute Gasteiger partial charge is 0.423 e. The van der Waals surface area contributed by atoms with Crippen LogP contribution in [-0.4, -0.2) is 5.11 Å². The molecular formula is C19H18N2O2S. The second-order valence-electron chi connectivity index (χ2n) is 5.75. The number of nitrogens with one attached hydrogen (secondary N) is 2. The number of anilines is 1. The second kappa shape index (κ2) is 6.84. The molecule has 0 fully saturated rings. The summed E-state index contributed by atoms with van der Waals surface area (Å²) in [4.78, 5) is 11.5. The van der Waals surface area contributed by atoms with Crippen LogP contribution in [0, 0.1) is 13.8 Å². The van der Waals surface area contributed by atoms with Crippen LogP contribution in [0.3, 0.4) is 0 Å². The minimum absolute atomic E-state index is 0.350. The first-order valence-electron chi connectivity index (χ1n) is 7.66. The first kappa shape index (κ1) is 16.2. The molecule has 0 bridgehead atoms. The lowest BCUT2D eigenvalue weighted by Gasteiger charge is -2.11. The van der Waals surface area contributed by atoms with Gasteiger partial charge in [-0.05, 0) is 49.3 Å². The molecular weight excluding hydrogens is 320 g/mol. The number of rotatable bonds is 3. The molecule has 0 radical (unpaired) electrons. The lowest BCUT2D eigenvalue weighted by atomic mass is 10.1. The Kier molecular flexibility index (Phi) is 4.62. The van der Waals surface area contributed by atoms with Gasteiger partial charge in [-0.1, -0.05) is 29.8 Å². The molecule has 0 saturated heterocycles. The number of fused-ring (bicyclic) bond motifs is 1. The summed E-state index contributed by atoms with van der Waals surface area (Å²) in [5, 5.41) is 7.71. The third-order valence-electron chi connectivity index (χ3n) is 3.78. The molecule has 0 amide bonds. The van der Waals surface area contributed by atoms with Crippen LogP contribution < -0.4 is 16.3 Å². The summed E-state index contributed by atoms with van der Waals surface area (Å²) in [5.41, 5.74) is 4.26. The quantitative estimate of drug-likeness (QED) is 0.560. The number of benzene rings is 2. The van der Waals surface area contributed by atoms with Crippen molar-refractivity contribution in [3.8, 4) is 0 Å². The Labute approximate surface area is 145 Å². The van der Waals surface area contributed by atoms with Crippen LogP contribution in [0.2, 0.25) is 0 Å². The molecule has 0 saturated carbocycles. The molecule has 4 nitrogen and oxygen atoms in total. The van der Waals surface area contributed by atoms with Gasteiger partial charge in [-0.15, -0.1) is 0 Å². The molecule has 1 aromatic heterocycles. The summed E-state index contributed by atoms with van der Waals surface area (Å²) in [5.74, 6) is 0. The maximum atomic E-state index is 11.5. The van der Waals surface area contributed by atoms with Crippen LogP contribution in [-0.2, 0) is 6.54 Å². The summed E-state index contributed by atoms with van der Waals surface area (Å²) >= 11 is 5.32. The fraction of sp³-hybridized carbons (Fsp3) is 0.158. The maximum absolute atomic E-state index is 11.5. The Bertz CT molecular complexity index is 946. The molecule has 0 aliphatic heterocycles. The first-order chi connectivity index (χ1) is 11.5. The molecule has 3 aromatic rings. The standard InChI is InChI=1S/C19H18N2O2S/c1-12-3-5-14(6-4-12)11-20-19(24)21-15-7-8-16-13(2)9-18(22)23-17(16)10-15/h3-10H,11H2,1-2H3,(H2,20,21,24). The predicted molar refractivity (Wildman–Crippen MR) is 101 cm³/mol. The minimum atomic E-state index is -0.350. The zero-order valence-electron chi connectivity index (χ0n) is 13.6. The van der Waals surface area contributed by atoms with Gasteiger partial charge in [0.25, 0.3) is 0 Å². The molecule has 0 aliphatic rings. The van der Waals surface area contributed by atoms with Crippen molar-refractivity contribution in [2.75, 3.05) is 5.32 Å². The predicted octanol–water partition coefficient (Wildman–Crippen LogP) is 3.90. The SMILES string of the molecule is Cc1ccc(CNC(=S)Nc2ccc3c(C)cc(=O)oc3c2)cc1. The highest BCUT2D eigenvalue weighted by Crippen LogP contribution is 2.20. The van der Waals surface area contributed by atoms with Gasteiger partial charge in [-0.25, -0.2) is 4.79 Å². The highest BCUT2D eigenvalue weighted by molar-refractivity contribution is 7.80. The minimum Gasteiger partial charge on any atom is -0.423 e. The Morgan fingerprint density at radius 2 is 1.83 bits per heavy atom. The summed E-state index contributed by atoms with van der Waals surface area (Å²) in [6.45, 7) is 4.59. The summed E-state index contributed by atoms with van der Waals surface area (Å²) in [6.07, 6.45) is 0. The molecule has 0 atom stereocenters. The Balaban J connectivity index is 1.69. The van der Waals surface area contributed by atoms with Crippen LogP contribution in [0.25, 0.3) is 11.0 Å². The highest BCUT2D eigenvalue weighted by atomic mass is 32.1. The summed E-state index contributed by atoms with van der Waals surface area (Å²) < 4.78 is 5.25. The van der Waals surface area contributed by atoms with Crippen molar-refractivity contribution in [1.82, 2.24) is 5.32 Å². The fourth-order valence-corrected chi connectivity index (χ4v) is 2.66. The van der Waals surface area contributed by atoms with Crippen LogP contribution in [0.15, 0.2) is 57.7 Å². The molecule has 24 heavy (non-hydrogen) atoms. The van der Waals surface area contributed by atoms with E-state index >= 15 is 0 Å². The van der Waals surface area contributed by atoms with Crippen molar-refractivity contribution >= 4 is 34.0 Å². The second-order valence-corrected chi connectivity index (χ2v) is 6.16. The van der Waals surface area contributed by atoms with E-state index in [9.17, 15) is 4.79 Å². The zero-order chi connectivity index (χ0) is 17.1. The van der Waals surface area contributed by atoms with Gasteiger partial charge >= 0.3 is 5.63 Å². The molecule has 122 valence electrons. The van der Waals surface area contributed by atoms with Crippen LogP contribution in [0.1, 0.15) is 16.7 Å². The van der Waals surface area contributed by atoms with E-state index in [1.165, 1.54) is 11.6 Å². The van der Waals surface area contributed by atoms with Gasteiger partial charge in [-0.2, -0.15) is 0 Å². The third kappa shape index (κ3) is 3.81. The molecule has 1 heterocycles. The van der Waals surface area contributed by atoms with Crippen molar-refractivity contribution in [2.24, 2.45) is 0 Å². The van der Waals surface area contributed by atoms with Gasteiger partial charge in [-0.3, -0.25) is 0 Å². The van der Waals surface area contributed by atoms with Gasteiger partial charge in [0.2, 0.25) is 0 Å². The van der Waals surface area contributed by atoms with Crippen molar-refractivity contribution in [3.63, 3.8) is 0 Å². The van der Waals surface area contributed by atoms with E-state index in [-0.39, 0.29) is 5.63 Å². The third-order valence-corrected chi connectivity index (χ3v) is 4.03. The van der Waals surface area contributed by atoms with Gasteiger partial charge in [0.15, 0.2) is 5.11 Å². The maximum Gasteiger partial charge on any atom is 0.336 e. The normalized spacial score (nSPS) is 10.6. The lowest BCUT2D eigenvalue weighted by molar-refractivity contribution is 0.560. The average molecular weight is 338 g/mol. The van der Waals surface area contributed by atoms with E-state index in [2.05, 4.69) is 41.8 Å². The zero-order valence-corrected chi connectivity index (χ0v) is 14.4. The smallest absolute Gasteiger partial charge is 0.336 e. The Morgan fingerprint density at radius 3 is 2.58 bits per heavy atom. The van der Waals surface area contributed by atoms with Crippen LogP contribution >= 0.6 is 12.2 Å².